The Kier molecular flexibility index (Phi) is 62.3. The first-order valence-electron chi connectivity index (χ1n) is 35.7. The lowest BCUT2D eigenvalue weighted by molar-refractivity contribution is -0.870. The number of unbranched alkanes of at least 4 members (excludes halogenated alkanes) is 45. The minimum atomic E-state index is -4.35. The molecule has 0 aliphatic rings. The second kappa shape index (κ2) is 63.7. The number of likely N-dealkylation sites (N-methyl/N-ethyl adjacent to an activating group) is 1. The van der Waals surface area contributed by atoms with Gasteiger partial charge in [-0.2, -0.15) is 0 Å². The molecule has 0 saturated heterocycles. The second-order valence-corrected chi connectivity index (χ2v) is 27.0. The highest BCUT2D eigenvalue weighted by molar-refractivity contribution is 7.47. The van der Waals surface area contributed by atoms with Crippen LogP contribution < -0.4 is 5.32 Å². The minimum absolute atomic E-state index is 0.0624. The van der Waals surface area contributed by atoms with Gasteiger partial charge in [0.25, 0.3) is 0 Å². The molecule has 3 N–H and O–H groups in total. The van der Waals surface area contributed by atoms with Crippen molar-refractivity contribution < 1.29 is 32.9 Å². The number of quaternary nitrogens is 1. The highest BCUT2D eigenvalue weighted by atomic mass is 31.2. The SMILES string of the molecule is CC/C=C\C/C=C\C/C=C\C/C=C\CCCCCCCCCCCCCCCCCCCCCCC(=O)NC(COP(=O)(O)OCC[N+](C)(C)C)C(O)/C=C/CCCCCCCCCCCCCCCCCCCCCCCCCCC. The summed E-state index contributed by atoms with van der Waals surface area (Å²) in [6.45, 7) is 4.76. The molecule has 1 amide bonds. The first-order chi connectivity index (χ1) is 40.0. The van der Waals surface area contributed by atoms with Gasteiger partial charge in [-0.25, -0.2) is 4.57 Å². The fourth-order valence-corrected chi connectivity index (χ4v) is 11.5. The Morgan fingerprint density at radius 1 is 0.427 bits per heavy atom. The summed E-state index contributed by atoms with van der Waals surface area (Å²) < 4.78 is 23.8. The Hall–Kier alpha value is -1.80. The number of nitrogens with one attached hydrogen (secondary N) is 1. The van der Waals surface area contributed by atoms with E-state index in [0.29, 0.717) is 17.4 Å². The number of phosphoric acid groups is 1. The molecule has 0 aromatic rings. The van der Waals surface area contributed by atoms with Gasteiger partial charge in [0.1, 0.15) is 13.2 Å². The Balaban J connectivity index is 4.03. The lowest BCUT2D eigenvalue weighted by Crippen LogP contribution is -2.45. The first kappa shape index (κ1) is 80.2. The molecule has 0 heterocycles. The van der Waals surface area contributed by atoms with E-state index in [1.807, 2.05) is 27.2 Å². The highest BCUT2D eigenvalue weighted by Crippen LogP contribution is 2.43. The maximum atomic E-state index is 13.1. The first-order valence-corrected chi connectivity index (χ1v) is 37.2. The lowest BCUT2D eigenvalue weighted by atomic mass is 10.0. The van der Waals surface area contributed by atoms with Gasteiger partial charge in [-0.15, -0.1) is 0 Å². The molecule has 3 unspecified atom stereocenters. The van der Waals surface area contributed by atoms with Gasteiger partial charge in [0.2, 0.25) is 5.91 Å². The van der Waals surface area contributed by atoms with Crippen molar-refractivity contribution in [2.75, 3.05) is 40.9 Å². The fraction of sp³-hybridized carbons (Fsp3) is 0.849. The van der Waals surface area contributed by atoms with Crippen LogP contribution in [0.15, 0.2) is 60.8 Å². The predicted octanol–water partition coefficient (Wildman–Crippen LogP) is 22.8. The number of aliphatic hydroxyl groups is 1. The van der Waals surface area contributed by atoms with E-state index in [4.69, 9.17) is 9.05 Å². The molecule has 0 rings (SSSR count). The molecule has 0 bridgehead atoms. The smallest absolute Gasteiger partial charge is 0.387 e. The zero-order valence-electron chi connectivity index (χ0n) is 55.2. The molecule has 9 heteroatoms. The van der Waals surface area contributed by atoms with Gasteiger partial charge < -0.3 is 19.8 Å². The van der Waals surface area contributed by atoms with Gasteiger partial charge in [0.05, 0.1) is 39.9 Å². The Bertz CT molecular complexity index is 1520. The van der Waals surface area contributed by atoms with Crippen LogP contribution in [0.25, 0.3) is 0 Å². The molecule has 0 spiro atoms. The van der Waals surface area contributed by atoms with Crippen LogP contribution in [0.1, 0.15) is 348 Å². The van der Waals surface area contributed by atoms with Crippen molar-refractivity contribution in [1.29, 1.82) is 0 Å². The van der Waals surface area contributed by atoms with E-state index < -0.39 is 20.0 Å². The number of aliphatic hydroxyl groups excluding tert-OH is 1. The van der Waals surface area contributed by atoms with E-state index in [1.165, 1.54) is 263 Å². The van der Waals surface area contributed by atoms with Crippen LogP contribution in [0.5, 0.6) is 0 Å². The normalized spacial score (nSPS) is 14.0. The average molecular weight is 1170 g/mol. The van der Waals surface area contributed by atoms with Gasteiger partial charge in [-0.1, -0.05) is 344 Å². The van der Waals surface area contributed by atoms with Gasteiger partial charge in [0.15, 0.2) is 0 Å². The van der Waals surface area contributed by atoms with Crippen LogP contribution in [0.2, 0.25) is 0 Å². The van der Waals surface area contributed by atoms with Crippen LogP contribution in [0, 0.1) is 0 Å². The van der Waals surface area contributed by atoms with Crippen molar-refractivity contribution in [2.45, 2.75) is 360 Å². The standard InChI is InChI=1S/C73H139N2O6P/c1-6-8-10-12-14-16-18-20-22-24-26-28-30-32-34-35-36-37-38-39-41-43-45-47-49-51-53-55-57-59-61-63-65-67-73(77)74-71(70-81-82(78,79)80-69-68-75(3,4)5)72(76)66-64-62-60-58-56-54-52-50-48-46-44-42-40-33-31-29-27-25-23-21-19-17-15-13-11-9-7-2/h8,10,14,16,20,22,26,28,64,66,71-72,76H,6-7,9,11-13,15,17-19,21,23-25,27,29-63,65,67-70H2,1-5H3,(H-,74,77,78,79)/p+1/b10-8-,16-14-,22-20-,28-26-,66-64+. The summed E-state index contributed by atoms with van der Waals surface area (Å²) >= 11 is 0. The molecule has 0 aliphatic carbocycles. The number of nitrogens with zero attached hydrogens (tertiary/aromatic N) is 1. The number of hydrogen-bond donors (Lipinski definition) is 3. The van der Waals surface area contributed by atoms with Crippen molar-refractivity contribution in [3.8, 4) is 0 Å². The summed E-state index contributed by atoms with van der Waals surface area (Å²) in [7, 11) is 1.59. The number of phosphoric ester groups is 1. The molecule has 0 aliphatic heterocycles. The summed E-state index contributed by atoms with van der Waals surface area (Å²) in [4.78, 5) is 23.4. The van der Waals surface area contributed by atoms with Gasteiger partial charge >= 0.3 is 7.82 Å². The number of carbonyl (C=O) groups excluding carboxylic acids is 1. The number of allylic oxidation sites excluding steroid dienone is 9. The summed E-state index contributed by atoms with van der Waals surface area (Å²) in [5.41, 5.74) is 0. The topological polar surface area (TPSA) is 105 Å². The van der Waals surface area contributed by atoms with Crippen LogP contribution in [0.4, 0.5) is 0 Å². The maximum absolute atomic E-state index is 13.1. The third kappa shape index (κ3) is 65.7. The zero-order valence-corrected chi connectivity index (χ0v) is 56.1. The molecule has 482 valence electrons. The molecule has 82 heavy (non-hydrogen) atoms. The average Bonchev–Trinajstić information content (AvgIpc) is 3.47. The van der Waals surface area contributed by atoms with Crippen LogP contribution in [-0.2, 0) is 18.4 Å². The van der Waals surface area contributed by atoms with Crippen molar-refractivity contribution in [1.82, 2.24) is 5.32 Å². The van der Waals surface area contributed by atoms with E-state index in [-0.39, 0.29) is 19.1 Å². The molecule has 0 saturated carbocycles. The van der Waals surface area contributed by atoms with Crippen molar-refractivity contribution in [3.63, 3.8) is 0 Å². The van der Waals surface area contributed by atoms with Gasteiger partial charge in [0, 0.05) is 6.42 Å². The molecule has 0 radical (unpaired) electrons. The quantitative estimate of drug-likeness (QED) is 0.0243. The van der Waals surface area contributed by atoms with Crippen molar-refractivity contribution >= 4 is 13.7 Å². The molecule has 3 atom stereocenters. The number of amides is 1. The molecule has 0 aromatic heterocycles. The number of rotatable bonds is 66. The Morgan fingerprint density at radius 3 is 1.07 bits per heavy atom. The van der Waals surface area contributed by atoms with Gasteiger partial charge in [-0.3, -0.25) is 13.8 Å². The van der Waals surface area contributed by atoms with E-state index in [0.717, 1.165) is 64.2 Å². The minimum Gasteiger partial charge on any atom is -0.387 e. The Morgan fingerprint density at radius 2 is 0.732 bits per heavy atom. The van der Waals surface area contributed by atoms with Crippen LogP contribution >= 0.6 is 7.82 Å². The summed E-state index contributed by atoms with van der Waals surface area (Å²) in [6.07, 6.45) is 88.0. The zero-order chi connectivity index (χ0) is 59.8. The molecular weight excluding hydrogens is 1030 g/mol. The number of carbonyl (C=O) groups is 1. The number of hydrogen-bond acceptors (Lipinski definition) is 5. The van der Waals surface area contributed by atoms with Crippen LogP contribution in [0.3, 0.4) is 0 Å². The molecular formula is C73H140N2O6P+. The summed E-state index contributed by atoms with van der Waals surface area (Å²) in [5, 5.41) is 14.0. The van der Waals surface area contributed by atoms with E-state index in [9.17, 15) is 19.4 Å². The van der Waals surface area contributed by atoms with E-state index in [1.54, 1.807) is 6.08 Å². The van der Waals surface area contributed by atoms with Crippen molar-refractivity contribution in [2.24, 2.45) is 0 Å². The predicted molar refractivity (Wildman–Crippen MR) is 360 cm³/mol. The molecule has 0 fully saturated rings. The Labute approximate surface area is 511 Å². The maximum Gasteiger partial charge on any atom is 0.472 e. The second-order valence-electron chi connectivity index (χ2n) is 25.6. The molecule has 0 aromatic carbocycles. The summed E-state index contributed by atoms with van der Waals surface area (Å²) in [6, 6.07) is -0.848. The largest absolute Gasteiger partial charge is 0.472 e. The lowest BCUT2D eigenvalue weighted by Gasteiger charge is -2.25. The molecule has 8 nitrogen and oxygen atoms in total. The monoisotopic (exact) mass is 1170 g/mol. The highest BCUT2D eigenvalue weighted by Gasteiger charge is 2.28. The van der Waals surface area contributed by atoms with E-state index in [2.05, 4.69) is 67.8 Å². The van der Waals surface area contributed by atoms with Crippen molar-refractivity contribution in [3.05, 3.63) is 60.8 Å². The van der Waals surface area contributed by atoms with E-state index >= 15 is 0 Å². The third-order valence-electron chi connectivity index (χ3n) is 16.2. The summed E-state index contributed by atoms with van der Waals surface area (Å²) in [5.74, 6) is -0.171. The third-order valence-corrected chi connectivity index (χ3v) is 17.2. The van der Waals surface area contributed by atoms with Gasteiger partial charge in [-0.05, 0) is 57.8 Å². The van der Waals surface area contributed by atoms with Crippen LogP contribution in [-0.4, -0.2) is 73.4 Å². The fourth-order valence-electron chi connectivity index (χ4n) is 10.7.